The van der Waals surface area contributed by atoms with Crippen molar-refractivity contribution in [1.29, 1.82) is 0 Å². The van der Waals surface area contributed by atoms with E-state index in [1.165, 1.54) is 11.1 Å². The summed E-state index contributed by atoms with van der Waals surface area (Å²) in [6.07, 6.45) is 0.984. The number of rotatable bonds is 0. The highest BCUT2D eigenvalue weighted by Crippen LogP contribution is 2.20. The summed E-state index contributed by atoms with van der Waals surface area (Å²) >= 11 is 0. The second-order valence-electron chi connectivity index (χ2n) is 3.13. The van der Waals surface area contributed by atoms with Crippen LogP contribution in [0.2, 0.25) is 0 Å². The minimum Gasteiger partial charge on any atom is -0.376 e. The molecular weight excluding hydrogens is 152 g/mol. The van der Waals surface area contributed by atoms with Crippen LogP contribution in [0.3, 0.4) is 0 Å². The molecule has 0 aliphatic carbocycles. The van der Waals surface area contributed by atoms with Gasteiger partial charge in [-0.2, -0.15) is 10.2 Å². The van der Waals surface area contributed by atoms with Crippen molar-refractivity contribution in [3.8, 4) is 0 Å². The Morgan fingerprint density at radius 2 is 1.75 bits per heavy atom. The number of hydrogen-bond acceptors (Lipinski definition) is 3. The molecule has 0 N–H and O–H groups in total. The summed E-state index contributed by atoms with van der Waals surface area (Å²) in [6, 6.07) is 0. The predicted molar refractivity (Wildman–Crippen MR) is 44.9 cm³/mol. The number of aryl methyl sites for hydroxylation is 2. The average Bonchev–Trinajstić information content (AvgIpc) is 2.12. The summed E-state index contributed by atoms with van der Waals surface area (Å²) in [4.78, 5) is 0. The summed E-state index contributed by atoms with van der Waals surface area (Å²) in [6.45, 7) is 5.52. The average molecular weight is 164 g/mol. The molecule has 0 spiro atoms. The van der Waals surface area contributed by atoms with E-state index in [9.17, 15) is 0 Å². The molecule has 1 aliphatic heterocycles. The quantitative estimate of drug-likeness (QED) is 0.577. The zero-order valence-electron chi connectivity index (χ0n) is 7.42. The van der Waals surface area contributed by atoms with Gasteiger partial charge in [-0.1, -0.05) is 0 Å². The molecule has 1 aromatic rings. The fourth-order valence-electron chi connectivity index (χ4n) is 1.58. The van der Waals surface area contributed by atoms with Gasteiger partial charge in [0.15, 0.2) is 0 Å². The first-order valence-corrected chi connectivity index (χ1v) is 4.18. The summed E-state index contributed by atoms with van der Waals surface area (Å²) in [5.41, 5.74) is 4.65. The lowest BCUT2D eigenvalue weighted by atomic mass is 10.0. The third-order valence-electron chi connectivity index (χ3n) is 2.33. The Bertz CT molecular complexity index is 279. The zero-order chi connectivity index (χ0) is 8.55. The number of ether oxygens (including phenoxy) is 1. The van der Waals surface area contributed by atoms with Crippen LogP contribution in [0, 0.1) is 13.8 Å². The SMILES string of the molecule is Cc1nnc(C)c2c1CCOC2. The Morgan fingerprint density at radius 1 is 1.08 bits per heavy atom. The highest BCUT2D eigenvalue weighted by molar-refractivity contribution is 5.32. The van der Waals surface area contributed by atoms with Gasteiger partial charge >= 0.3 is 0 Å². The van der Waals surface area contributed by atoms with Gasteiger partial charge in [0.2, 0.25) is 0 Å². The summed E-state index contributed by atoms with van der Waals surface area (Å²) in [5, 5.41) is 8.15. The molecule has 1 aliphatic rings. The molecule has 0 atom stereocenters. The predicted octanol–water partition coefficient (Wildman–Crippen LogP) is 1.17. The molecule has 0 saturated heterocycles. The summed E-state index contributed by atoms with van der Waals surface area (Å²) in [7, 11) is 0. The van der Waals surface area contributed by atoms with Gasteiger partial charge in [0.05, 0.1) is 24.6 Å². The molecule has 12 heavy (non-hydrogen) atoms. The normalized spacial score (nSPS) is 15.8. The molecule has 64 valence electrons. The first-order chi connectivity index (χ1) is 5.79. The molecule has 0 saturated carbocycles. The smallest absolute Gasteiger partial charge is 0.0738 e. The fraction of sp³-hybridized carbons (Fsp3) is 0.556. The van der Waals surface area contributed by atoms with E-state index >= 15 is 0 Å². The molecule has 0 aromatic carbocycles. The van der Waals surface area contributed by atoms with E-state index in [1.54, 1.807) is 0 Å². The lowest BCUT2D eigenvalue weighted by Crippen LogP contribution is -2.15. The van der Waals surface area contributed by atoms with Crippen molar-refractivity contribution < 1.29 is 4.74 Å². The van der Waals surface area contributed by atoms with E-state index in [0.29, 0.717) is 6.61 Å². The van der Waals surface area contributed by atoms with Gasteiger partial charge < -0.3 is 4.74 Å². The van der Waals surface area contributed by atoms with Crippen LogP contribution in [0.1, 0.15) is 22.5 Å². The lowest BCUT2D eigenvalue weighted by Gasteiger charge is -2.18. The van der Waals surface area contributed by atoms with Crippen molar-refractivity contribution in [2.75, 3.05) is 6.61 Å². The molecule has 3 heteroatoms. The fourth-order valence-corrected chi connectivity index (χ4v) is 1.58. The van der Waals surface area contributed by atoms with E-state index in [2.05, 4.69) is 10.2 Å². The largest absolute Gasteiger partial charge is 0.376 e. The molecule has 0 unspecified atom stereocenters. The topological polar surface area (TPSA) is 35.0 Å². The van der Waals surface area contributed by atoms with E-state index in [4.69, 9.17) is 4.74 Å². The van der Waals surface area contributed by atoms with Crippen LogP contribution in [-0.2, 0) is 17.8 Å². The van der Waals surface area contributed by atoms with Crippen LogP contribution < -0.4 is 0 Å². The van der Waals surface area contributed by atoms with Crippen molar-refractivity contribution in [2.45, 2.75) is 26.9 Å². The molecule has 0 bridgehead atoms. The molecule has 2 heterocycles. The highest BCUT2D eigenvalue weighted by atomic mass is 16.5. The Morgan fingerprint density at radius 3 is 2.42 bits per heavy atom. The van der Waals surface area contributed by atoms with Gasteiger partial charge in [0.1, 0.15) is 0 Å². The summed E-state index contributed by atoms with van der Waals surface area (Å²) in [5.74, 6) is 0. The van der Waals surface area contributed by atoms with Crippen LogP contribution in [0.15, 0.2) is 0 Å². The van der Waals surface area contributed by atoms with E-state index in [-0.39, 0.29) is 0 Å². The number of aromatic nitrogens is 2. The van der Waals surface area contributed by atoms with Crippen LogP contribution in [0.4, 0.5) is 0 Å². The molecule has 0 fully saturated rings. The lowest BCUT2D eigenvalue weighted by molar-refractivity contribution is 0.109. The van der Waals surface area contributed by atoms with Crippen molar-refractivity contribution in [3.05, 3.63) is 22.5 Å². The Balaban J connectivity index is 2.57. The summed E-state index contributed by atoms with van der Waals surface area (Å²) < 4.78 is 5.36. The van der Waals surface area contributed by atoms with Gasteiger partial charge in [0.25, 0.3) is 0 Å². The zero-order valence-corrected chi connectivity index (χ0v) is 7.42. The number of fused-ring (bicyclic) bond motifs is 1. The Kier molecular flexibility index (Phi) is 1.81. The molecule has 0 radical (unpaired) electrons. The van der Waals surface area contributed by atoms with Gasteiger partial charge in [0, 0.05) is 5.56 Å². The van der Waals surface area contributed by atoms with Crippen molar-refractivity contribution in [2.24, 2.45) is 0 Å². The third kappa shape index (κ3) is 1.10. The van der Waals surface area contributed by atoms with Crippen molar-refractivity contribution in [3.63, 3.8) is 0 Å². The maximum absolute atomic E-state index is 5.36. The van der Waals surface area contributed by atoms with Gasteiger partial charge in [-0.05, 0) is 25.8 Å². The molecule has 3 nitrogen and oxygen atoms in total. The Hall–Kier alpha value is -0.960. The van der Waals surface area contributed by atoms with Gasteiger partial charge in [-0.25, -0.2) is 0 Å². The second kappa shape index (κ2) is 2.83. The van der Waals surface area contributed by atoms with Crippen LogP contribution >= 0.6 is 0 Å². The standard InChI is InChI=1S/C9H12N2O/c1-6-8-3-4-12-5-9(8)7(2)11-10-6/h3-5H2,1-2H3. The van der Waals surface area contributed by atoms with Crippen molar-refractivity contribution in [1.82, 2.24) is 10.2 Å². The van der Waals surface area contributed by atoms with E-state index < -0.39 is 0 Å². The minimum atomic E-state index is 0.706. The molecule has 1 aromatic heterocycles. The first kappa shape index (κ1) is 7.68. The van der Waals surface area contributed by atoms with Gasteiger partial charge in [-0.3, -0.25) is 0 Å². The van der Waals surface area contributed by atoms with Crippen LogP contribution in [0.5, 0.6) is 0 Å². The van der Waals surface area contributed by atoms with Crippen LogP contribution in [0.25, 0.3) is 0 Å². The molecule has 2 rings (SSSR count). The molecule has 0 amide bonds. The van der Waals surface area contributed by atoms with Crippen molar-refractivity contribution >= 4 is 0 Å². The maximum Gasteiger partial charge on any atom is 0.0738 e. The second-order valence-corrected chi connectivity index (χ2v) is 3.13. The van der Waals surface area contributed by atoms with Gasteiger partial charge in [-0.15, -0.1) is 0 Å². The number of nitrogens with zero attached hydrogens (tertiary/aromatic N) is 2. The highest BCUT2D eigenvalue weighted by Gasteiger charge is 2.15. The Labute approximate surface area is 71.8 Å². The molecular formula is C9H12N2O. The van der Waals surface area contributed by atoms with E-state index in [0.717, 1.165) is 24.4 Å². The van der Waals surface area contributed by atoms with E-state index in [1.807, 2.05) is 13.8 Å². The maximum atomic E-state index is 5.36. The minimum absolute atomic E-state index is 0.706. The number of hydrogen-bond donors (Lipinski definition) is 0. The third-order valence-corrected chi connectivity index (χ3v) is 2.33. The first-order valence-electron chi connectivity index (χ1n) is 4.18. The van der Waals surface area contributed by atoms with Crippen LogP contribution in [-0.4, -0.2) is 16.8 Å². The monoisotopic (exact) mass is 164 g/mol.